The Balaban J connectivity index is 1.13. The van der Waals surface area contributed by atoms with E-state index in [1.807, 2.05) is 24.3 Å². The quantitative estimate of drug-likeness (QED) is 0.166. The van der Waals surface area contributed by atoms with Crippen molar-refractivity contribution in [2.24, 2.45) is 0 Å². The Morgan fingerprint density at radius 2 is 0.630 bits per heavy atom. The van der Waals surface area contributed by atoms with Crippen LogP contribution in [0.25, 0.3) is 149 Å². The average molecular weight is 1030 g/mol. The van der Waals surface area contributed by atoms with E-state index in [4.69, 9.17) is 0 Å². The van der Waals surface area contributed by atoms with Crippen LogP contribution in [0.15, 0.2) is 261 Å². The fraction of sp³-hybridized carbons (Fsp3) is 0. The molecule has 0 unspecified atom stereocenters. The van der Waals surface area contributed by atoms with Gasteiger partial charge in [0.05, 0.1) is 78.2 Å². The molecular weight excluding hydrogens is 987 g/mol. The van der Waals surface area contributed by atoms with Gasteiger partial charge >= 0.3 is 0 Å². The van der Waals surface area contributed by atoms with Crippen LogP contribution in [0.2, 0.25) is 0 Å². The van der Waals surface area contributed by atoms with Gasteiger partial charge in [-0.05, 0) is 102 Å². The summed E-state index contributed by atoms with van der Waals surface area (Å²) in [7, 11) is 0. The molecule has 374 valence electrons. The first-order valence-electron chi connectivity index (χ1n) is 27.3. The summed E-state index contributed by atoms with van der Waals surface area (Å²) in [6.45, 7) is 0. The first kappa shape index (κ1) is 44.7. The molecule has 0 bridgehead atoms. The molecule has 17 rings (SSSR count). The Kier molecular flexibility index (Phi) is 9.42. The molecule has 0 fully saturated rings. The molecule has 0 radical (unpaired) electrons. The highest BCUT2D eigenvalue weighted by atomic mass is 15.1. The van der Waals surface area contributed by atoms with E-state index in [1.165, 1.54) is 0 Å². The van der Waals surface area contributed by atoms with Crippen LogP contribution in [0.4, 0.5) is 0 Å². The average Bonchev–Trinajstić information content (AvgIpc) is 2.65. The van der Waals surface area contributed by atoms with Crippen molar-refractivity contribution in [3.05, 3.63) is 272 Å². The summed E-state index contributed by atoms with van der Waals surface area (Å²) in [5.74, 6) is 0. The zero-order chi connectivity index (χ0) is 53.4. The van der Waals surface area contributed by atoms with Gasteiger partial charge in [0.25, 0.3) is 0 Å². The number of nitrogens with zero attached hydrogens (tertiary/aromatic N) is 7. The number of hydrogen-bond acceptors (Lipinski definition) is 2. The van der Waals surface area contributed by atoms with Crippen LogP contribution in [0.5, 0.6) is 0 Å². The van der Waals surface area contributed by atoms with Gasteiger partial charge in [0.15, 0.2) is 0 Å². The smallest absolute Gasteiger partial charge is 0.104 e. The lowest BCUT2D eigenvalue weighted by atomic mass is 9.96. The SMILES string of the molecule is N#Cc1ccccc1-c1cc(-n2c3ccccc3c3ccc4c(c5ccccc5n4-c4ccccc4)c32)c(C#N)c(-n2c3ccccc3c3c4c(c5ccccc5n4-c4ccccc4)c4c(c5ccccc5n4-c4ccccc4)c32)c1. The first-order valence-corrected chi connectivity index (χ1v) is 27.3. The highest BCUT2D eigenvalue weighted by Gasteiger charge is 2.31. The van der Waals surface area contributed by atoms with Crippen molar-refractivity contribution < 1.29 is 0 Å². The monoisotopic (exact) mass is 1030 g/mol. The van der Waals surface area contributed by atoms with Crippen LogP contribution in [0, 0.1) is 22.7 Å². The number of aromatic nitrogens is 5. The summed E-state index contributed by atoms with van der Waals surface area (Å²) in [4.78, 5) is 0. The second-order valence-electron chi connectivity index (χ2n) is 21.0. The third-order valence-electron chi connectivity index (χ3n) is 16.9. The van der Waals surface area contributed by atoms with E-state index >= 15 is 0 Å². The molecule has 0 aliphatic carbocycles. The molecule has 12 aromatic carbocycles. The van der Waals surface area contributed by atoms with Gasteiger partial charge in [0, 0.05) is 70.9 Å². The Morgan fingerprint density at radius 3 is 1.12 bits per heavy atom. The number of benzene rings is 12. The summed E-state index contributed by atoms with van der Waals surface area (Å²) < 4.78 is 12.0. The summed E-state index contributed by atoms with van der Waals surface area (Å²) >= 11 is 0. The molecule has 0 saturated carbocycles. The van der Waals surface area contributed by atoms with Crippen LogP contribution in [0.1, 0.15) is 11.1 Å². The summed E-state index contributed by atoms with van der Waals surface area (Å²) in [5.41, 5.74) is 17.5. The lowest BCUT2D eigenvalue weighted by molar-refractivity contribution is 1.12. The molecule has 7 nitrogen and oxygen atoms in total. The molecule has 17 aromatic rings. The van der Waals surface area contributed by atoms with Crippen LogP contribution < -0.4 is 0 Å². The van der Waals surface area contributed by atoms with Crippen LogP contribution in [0.3, 0.4) is 0 Å². The molecule has 5 heterocycles. The first-order chi connectivity index (χ1) is 40.2. The van der Waals surface area contributed by atoms with Gasteiger partial charge in [-0.2, -0.15) is 10.5 Å². The van der Waals surface area contributed by atoms with Gasteiger partial charge in [-0.3, -0.25) is 0 Å². The normalized spacial score (nSPS) is 11.9. The molecule has 0 N–H and O–H groups in total. The Labute approximate surface area is 463 Å². The number of rotatable bonds is 6. The zero-order valence-electron chi connectivity index (χ0n) is 43.5. The minimum atomic E-state index is 0.492. The molecule has 0 atom stereocenters. The maximum atomic E-state index is 12.4. The standard InChI is InChI=1S/C74H43N7/c75-44-46-22-10-11-29-51(46)47-42-65(80-59-35-17-12-30-52(59)53-40-41-64-67(71(53)80)54-31-13-18-36-60(54)77(64)48-23-4-1-5-24-48)58(45-76)66(43-47)81-63-39-21-16-34-57(63)70-73-68(55-32-14-19-37-61(55)78(73)49-25-6-2-7-26-49)72-69(74(70)81)56-33-15-20-38-62(56)79(72)50-27-8-3-9-28-50/h1-43H. The van der Waals surface area contributed by atoms with Crippen molar-refractivity contribution in [3.8, 4) is 51.7 Å². The van der Waals surface area contributed by atoms with Gasteiger partial charge < -0.3 is 22.8 Å². The van der Waals surface area contributed by atoms with Crippen molar-refractivity contribution >= 4 is 109 Å². The highest BCUT2D eigenvalue weighted by Crippen LogP contribution is 2.52. The molecule has 0 amide bonds. The molecular formula is C74H43N7. The Hall–Kier alpha value is -11.4. The molecule has 0 saturated heterocycles. The van der Waals surface area contributed by atoms with Crippen molar-refractivity contribution in [1.82, 2.24) is 22.8 Å². The lowest BCUT2D eigenvalue weighted by Crippen LogP contribution is -2.06. The van der Waals surface area contributed by atoms with Crippen LogP contribution in [-0.4, -0.2) is 22.8 Å². The molecule has 0 spiro atoms. The Morgan fingerprint density at radius 1 is 0.259 bits per heavy atom. The lowest BCUT2D eigenvalue weighted by Gasteiger charge is -2.19. The van der Waals surface area contributed by atoms with Gasteiger partial charge in [-0.25, -0.2) is 0 Å². The third kappa shape index (κ3) is 6.09. The predicted molar refractivity (Wildman–Crippen MR) is 333 cm³/mol. The molecule has 5 aromatic heterocycles. The van der Waals surface area contributed by atoms with Crippen molar-refractivity contribution in [2.45, 2.75) is 0 Å². The summed E-state index contributed by atoms with van der Waals surface area (Å²) in [6, 6.07) is 97.5. The van der Waals surface area contributed by atoms with E-state index < -0.39 is 0 Å². The predicted octanol–water partition coefficient (Wildman–Crippen LogP) is 18.6. The topological polar surface area (TPSA) is 72.2 Å². The fourth-order valence-corrected chi connectivity index (χ4v) is 13.8. The van der Waals surface area contributed by atoms with Crippen molar-refractivity contribution in [2.75, 3.05) is 0 Å². The molecule has 0 aliphatic rings. The van der Waals surface area contributed by atoms with E-state index in [-0.39, 0.29) is 0 Å². The minimum absolute atomic E-state index is 0.492. The number of para-hydroxylation sites is 8. The van der Waals surface area contributed by atoms with Gasteiger partial charge in [-0.1, -0.05) is 170 Å². The van der Waals surface area contributed by atoms with E-state index in [2.05, 4.69) is 272 Å². The van der Waals surface area contributed by atoms with E-state index in [0.717, 1.165) is 137 Å². The zero-order valence-corrected chi connectivity index (χ0v) is 43.5. The van der Waals surface area contributed by atoms with Gasteiger partial charge in [0.1, 0.15) is 11.6 Å². The highest BCUT2D eigenvalue weighted by molar-refractivity contribution is 6.40. The maximum Gasteiger partial charge on any atom is 0.104 e. The second kappa shape index (κ2) is 17.1. The van der Waals surface area contributed by atoms with E-state index in [1.54, 1.807) is 0 Å². The molecule has 81 heavy (non-hydrogen) atoms. The minimum Gasteiger partial charge on any atom is -0.309 e. The molecule has 0 aliphatic heterocycles. The third-order valence-corrected chi connectivity index (χ3v) is 16.9. The number of nitriles is 2. The second-order valence-corrected chi connectivity index (χ2v) is 21.0. The molecule has 7 heteroatoms. The number of fused-ring (bicyclic) bond motifs is 19. The summed E-state index contributed by atoms with van der Waals surface area (Å²) in [5, 5.41) is 34.3. The summed E-state index contributed by atoms with van der Waals surface area (Å²) in [6.07, 6.45) is 0. The number of hydrogen-bond donors (Lipinski definition) is 0. The largest absolute Gasteiger partial charge is 0.309 e. The van der Waals surface area contributed by atoms with Crippen LogP contribution in [-0.2, 0) is 0 Å². The Bertz CT molecular complexity index is 5530. The van der Waals surface area contributed by atoms with Gasteiger partial charge in [-0.15, -0.1) is 0 Å². The fourth-order valence-electron chi connectivity index (χ4n) is 13.8. The van der Waals surface area contributed by atoms with Crippen molar-refractivity contribution in [3.63, 3.8) is 0 Å². The van der Waals surface area contributed by atoms with Crippen LogP contribution >= 0.6 is 0 Å². The van der Waals surface area contributed by atoms with E-state index in [0.29, 0.717) is 22.5 Å². The van der Waals surface area contributed by atoms with E-state index in [9.17, 15) is 10.5 Å². The van der Waals surface area contributed by atoms with Crippen molar-refractivity contribution in [1.29, 1.82) is 10.5 Å². The van der Waals surface area contributed by atoms with Gasteiger partial charge in [0.2, 0.25) is 0 Å². The maximum absolute atomic E-state index is 12.4.